The summed E-state index contributed by atoms with van der Waals surface area (Å²) in [5.74, 6) is -0.489. The third-order valence-electron chi connectivity index (χ3n) is 6.11. The Hall–Kier alpha value is -2.94. The highest BCUT2D eigenvalue weighted by Gasteiger charge is 2.40. The zero-order valence-electron chi connectivity index (χ0n) is 18.2. The van der Waals surface area contributed by atoms with Crippen molar-refractivity contribution in [1.29, 1.82) is 0 Å². The molecule has 0 aliphatic heterocycles. The van der Waals surface area contributed by atoms with Crippen molar-refractivity contribution in [2.24, 2.45) is 0 Å². The summed E-state index contributed by atoms with van der Waals surface area (Å²) in [6.45, 7) is 7.60. The van der Waals surface area contributed by atoms with Crippen molar-refractivity contribution < 1.29 is 22.9 Å². The number of quaternary nitrogens is 1. The van der Waals surface area contributed by atoms with Gasteiger partial charge in [0.2, 0.25) is 0 Å². The molecule has 0 atom stereocenters. The second kappa shape index (κ2) is 8.90. The van der Waals surface area contributed by atoms with Gasteiger partial charge in [-0.1, -0.05) is 24.3 Å². The lowest BCUT2D eigenvalue weighted by Crippen LogP contribution is -3.11. The summed E-state index contributed by atoms with van der Waals surface area (Å²) < 4.78 is 43.1. The van der Waals surface area contributed by atoms with Crippen LogP contribution in [0.1, 0.15) is 47.6 Å². The number of carbonyl (C=O) groups is 1. The number of alkyl halides is 3. The van der Waals surface area contributed by atoms with E-state index in [1.807, 2.05) is 12.1 Å². The van der Waals surface area contributed by atoms with Gasteiger partial charge in [-0.15, -0.1) is 0 Å². The Morgan fingerprint density at radius 3 is 2.66 bits per heavy atom. The number of rotatable bonds is 7. The fourth-order valence-electron chi connectivity index (χ4n) is 4.36. The van der Waals surface area contributed by atoms with Crippen LogP contribution in [0.3, 0.4) is 0 Å². The molecule has 170 valence electrons. The number of aromatic nitrogens is 3. The molecule has 1 aliphatic rings. The molecule has 0 saturated carbocycles. The molecule has 9 heteroatoms. The van der Waals surface area contributed by atoms with Gasteiger partial charge in [0.25, 0.3) is 5.91 Å². The third kappa shape index (κ3) is 4.21. The number of hydrogen-bond donors (Lipinski definition) is 2. The van der Waals surface area contributed by atoms with Crippen LogP contribution >= 0.6 is 0 Å². The van der Waals surface area contributed by atoms with Gasteiger partial charge < -0.3 is 10.2 Å². The minimum absolute atomic E-state index is 0.0190. The van der Waals surface area contributed by atoms with Gasteiger partial charge in [0.15, 0.2) is 17.0 Å². The highest BCUT2D eigenvalue weighted by Crippen LogP contribution is 2.40. The first-order chi connectivity index (χ1) is 15.3. The highest BCUT2D eigenvalue weighted by molar-refractivity contribution is 5.93. The first-order valence-electron chi connectivity index (χ1n) is 11.0. The molecule has 2 aromatic heterocycles. The van der Waals surface area contributed by atoms with E-state index in [0.29, 0.717) is 24.2 Å². The van der Waals surface area contributed by atoms with Crippen LogP contribution in [0.5, 0.6) is 0 Å². The summed E-state index contributed by atoms with van der Waals surface area (Å²) in [5, 5.41) is 6.78. The molecule has 0 spiro atoms. The van der Waals surface area contributed by atoms with Crippen LogP contribution in [-0.4, -0.2) is 46.7 Å². The number of halogens is 3. The van der Waals surface area contributed by atoms with Gasteiger partial charge in [-0.2, -0.15) is 18.3 Å². The average Bonchev–Trinajstić information content (AvgIpc) is 3.20. The fourth-order valence-corrected chi connectivity index (χ4v) is 4.36. The molecule has 0 radical (unpaired) electrons. The Balaban J connectivity index is 1.66. The number of amides is 1. The Morgan fingerprint density at radius 1 is 1.19 bits per heavy atom. The summed E-state index contributed by atoms with van der Waals surface area (Å²) in [6.07, 6.45) is -3.11. The molecule has 2 heterocycles. The largest absolute Gasteiger partial charge is 0.433 e. The smallest absolute Gasteiger partial charge is 0.350 e. The maximum absolute atomic E-state index is 14.1. The number of nitrogens with one attached hydrogen (secondary N) is 2. The predicted octanol–water partition coefficient (Wildman–Crippen LogP) is 2.56. The Bertz CT molecular complexity index is 1130. The van der Waals surface area contributed by atoms with Crippen LogP contribution in [0.15, 0.2) is 30.3 Å². The van der Waals surface area contributed by atoms with Crippen molar-refractivity contribution in [3.8, 4) is 11.3 Å². The predicted molar refractivity (Wildman–Crippen MR) is 115 cm³/mol. The van der Waals surface area contributed by atoms with E-state index in [0.717, 1.165) is 36.1 Å². The summed E-state index contributed by atoms with van der Waals surface area (Å²) >= 11 is 0. The van der Waals surface area contributed by atoms with E-state index in [4.69, 9.17) is 0 Å². The van der Waals surface area contributed by atoms with Crippen molar-refractivity contribution in [3.63, 3.8) is 0 Å². The third-order valence-corrected chi connectivity index (χ3v) is 6.11. The second-order valence-electron chi connectivity index (χ2n) is 8.06. The molecule has 0 fully saturated rings. The van der Waals surface area contributed by atoms with Crippen molar-refractivity contribution in [2.75, 3.05) is 26.2 Å². The van der Waals surface area contributed by atoms with Crippen molar-refractivity contribution in [3.05, 3.63) is 52.8 Å². The minimum Gasteiger partial charge on any atom is -0.350 e. The molecule has 0 bridgehead atoms. The average molecular weight is 446 g/mol. The molecular weight excluding hydrogens is 419 g/mol. The van der Waals surface area contributed by atoms with E-state index in [1.165, 1.54) is 11.0 Å². The molecule has 1 amide bonds. The van der Waals surface area contributed by atoms with Gasteiger partial charge in [0, 0.05) is 30.2 Å². The van der Waals surface area contributed by atoms with Gasteiger partial charge >= 0.3 is 6.18 Å². The lowest BCUT2D eigenvalue weighted by atomic mass is 9.88. The minimum atomic E-state index is -4.62. The zero-order chi connectivity index (χ0) is 22.9. The van der Waals surface area contributed by atoms with Gasteiger partial charge in [-0.3, -0.25) is 4.79 Å². The number of fused-ring (bicyclic) bond motifs is 4. The lowest BCUT2D eigenvalue weighted by Gasteiger charge is -2.23. The maximum atomic E-state index is 14.1. The Labute approximate surface area is 184 Å². The van der Waals surface area contributed by atoms with Crippen molar-refractivity contribution >= 4 is 11.6 Å². The number of carbonyl (C=O) groups excluding carboxylic acids is 1. The Morgan fingerprint density at radius 2 is 1.94 bits per heavy atom. The van der Waals surface area contributed by atoms with Crippen LogP contribution in [0.2, 0.25) is 0 Å². The molecular formula is C23H27F3N5O+. The summed E-state index contributed by atoms with van der Waals surface area (Å²) in [6, 6.07) is 8.70. The Kier molecular flexibility index (Phi) is 6.19. The van der Waals surface area contributed by atoms with E-state index in [1.54, 1.807) is 12.1 Å². The van der Waals surface area contributed by atoms with Crippen LogP contribution in [-0.2, 0) is 19.0 Å². The first-order valence-corrected chi connectivity index (χ1v) is 11.0. The SMILES string of the molecule is CC[NH+](CC)CCCNC(=O)c1cc2nc3c(c(C(F)(F)F)n2n1)CCc1ccccc1-3. The fraction of sp³-hybridized carbons (Fsp3) is 0.435. The van der Waals surface area contributed by atoms with Gasteiger partial charge in [-0.05, 0) is 32.3 Å². The van der Waals surface area contributed by atoms with Gasteiger partial charge in [-0.25, -0.2) is 9.50 Å². The van der Waals surface area contributed by atoms with Gasteiger partial charge in [0.05, 0.1) is 25.3 Å². The van der Waals surface area contributed by atoms with Crippen LogP contribution in [0.4, 0.5) is 13.2 Å². The molecule has 2 N–H and O–H groups in total. The van der Waals surface area contributed by atoms with E-state index < -0.39 is 17.8 Å². The normalized spacial score (nSPS) is 13.3. The number of hydrogen-bond acceptors (Lipinski definition) is 3. The number of aryl methyl sites for hydroxylation is 1. The van der Waals surface area contributed by atoms with Crippen LogP contribution < -0.4 is 10.2 Å². The summed E-state index contributed by atoms with van der Waals surface area (Å²) in [4.78, 5) is 18.5. The quantitative estimate of drug-likeness (QED) is 0.549. The van der Waals surface area contributed by atoms with Crippen molar-refractivity contribution in [1.82, 2.24) is 19.9 Å². The molecule has 0 saturated heterocycles. The van der Waals surface area contributed by atoms with E-state index in [2.05, 4.69) is 29.2 Å². The maximum Gasteiger partial charge on any atom is 0.433 e. The molecule has 32 heavy (non-hydrogen) atoms. The second-order valence-corrected chi connectivity index (χ2v) is 8.06. The molecule has 3 aromatic rings. The number of benzene rings is 1. The van der Waals surface area contributed by atoms with E-state index >= 15 is 0 Å². The summed E-state index contributed by atoms with van der Waals surface area (Å²) in [7, 11) is 0. The highest BCUT2D eigenvalue weighted by atomic mass is 19.4. The molecule has 6 nitrogen and oxygen atoms in total. The summed E-state index contributed by atoms with van der Waals surface area (Å²) in [5.41, 5.74) is 1.22. The first kappa shape index (κ1) is 22.3. The van der Waals surface area contributed by atoms with Crippen molar-refractivity contribution in [2.45, 2.75) is 39.3 Å². The molecule has 0 unspecified atom stereocenters. The van der Waals surface area contributed by atoms with Crippen LogP contribution in [0, 0.1) is 0 Å². The van der Waals surface area contributed by atoms with Crippen LogP contribution in [0.25, 0.3) is 16.9 Å². The number of nitrogens with zero attached hydrogens (tertiary/aromatic N) is 3. The molecule has 1 aromatic carbocycles. The topological polar surface area (TPSA) is 63.7 Å². The van der Waals surface area contributed by atoms with E-state index in [-0.39, 0.29) is 23.3 Å². The standard InChI is InChI=1S/C23H26F3N5O/c1-3-30(4-2)13-7-12-27-22(32)18-14-19-28-20-16-9-6-5-8-15(16)10-11-17(20)21(23(24,25)26)31(19)29-18/h5-6,8-9,14H,3-4,7,10-13H2,1-2H3,(H,27,32)/p+1. The lowest BCUT2D eigenvalue weighted by molar-refractivity contribution is -0.896. The van der Waals surface area contributed by atoms with Gasteiger partial charge in [0.1, 0.15) is 0 Å². The monoisotopic (exact) mass is 446 g/mol. The zero-order valence-corrected chi connectivity index (χ0v) is 18.2. The molecule has 4 rings (SSSR count). The molecule has 1 aliphatic carbocycles. The van der Waals surface area contributed by atoms with E-state index in [9.17, 15) is 18.0 Å².